The molecule has 0 radical (unpaired) electrons. The smallest absolute Gasteiger partial charge is 0.368 e. The fourth-order valence-corrected chi connectivity index (χ4v) is 5.07. The van der Waals surface area contributed by atoms with Crippen molar-refractivity contribution in [3.05, 3.63) is 57.5 Å². The van der Waals surface area contributed by atoms with E-state index in [1.165, 1.54) is 11.9 Å². The topological polar surface area (TPSA) is 77.0 Å². The molecule has 0 saturated carbocycles. The van der Waals surface area contributed by atoms with Gasteiger partial charge >= 0.3 is 6.18 Å². The number of benzene rings is 1. The molecule has 2 heterocycles. The number of aromatic nitrogens is 1. The Kier molecular flexibility index (Phi) is 9.72. The minimum Gasteiger partial charge on any atom is -0.368 e. The van der Waals surface area contributed by atoms with E-state index >= 15 is 0 Å². The molecule has 2 amide bonds. The van der Waals surface area contributed by atoms with E-state index in [1.807, 2.05) is 0 Å². The van der Waals surface area contributed by atoms with E-state index in [0.717, 1.165) is 29.9 Å². The summed E-state index contributed by atoms with van der Waals surface area (Å²) < 4.78 is 55.4. The Morgan fingerprint density at radius 3 is 2.28 bits per heavy atom. The maximum absolute atomic E-state index is 13.9. The second kappa shape index (κ2) is 12.3. The van der Waals surface area contributed by atoms with Crippen LogP contribution in [0.5, 0.6) is 0 Å². The van der Waals surface area contributed by atoms with Crippen molar-refractivity contribution >= 4 is 40.8 Å². The van der Waals surface area contributed by atoms with Gasteiger partial charge in [-0.1, -0.05) is 23.2 Å². The normalized spacial score (nSPS) is 16.1. The number of pyridine rings is 1. The molecule has 1 aliphatic heterocycles. The molecular weight excluding hydrogens is 563 g/mol. The Morgan fingerprint density at radius 1 is 1.10 bits per heavy atom. The number of alkyl halides is 3. The van der Waals surface area contributed by atoms with E-state index in [1.54, 1.807) is 26.2 Å². The lowest BCUT2D eigenvalue weighted by atomic mass is 9.90. The van der Waals surface area contributed by atoms with Crippen LogP contribution in [0.1, 0.15) is 41.6 Å². The van der Waals surface area contributed by atoms with E-state index in [4.69, 9.17) is 23.2 Å². The van der Waals surface area contributed by atoms with Crippen molar-refractivity contribution in [2.24, 2.45) is 5.92 Å². The lowest BCUT2D eigenvalue weighted by molar-refractivity contribution is -0.261. The van der Waals surface area contributed by atoms with Crippen LogP contribution < -0.4 is 4.90 Å². The lowest BCUT2D eigenvalue weighted by Gasteiger charge is -2.34. The first kappa shape index (κ1) is 30.9. The Labute approximate surface area is 234 Å². The third-order valence-corrected chi connectivity index (χ3v) is 7.37. The molecule has 0 spiro atoms. The number of carbonyl (C=O) groups excluding carboxylic acids is 2. The summed E-state index contributed by atoms with van der Waals surface area (Å²) in [5, 5.41) is 10.3. The summed E-state index contributed by atoms with van der Waals surface area (Å²) in [7, 11) is 4.42. The molecule has 1 aromatic carbocycles. The first-order valence-electron chi connectivity index (χ1n) is 12.3. The van der Waals surface area contributed by atoms with Crippen molar-refractivity contribution in [3.63, 3.8) is 0 Å². The molecule has 3 rings (SSSR count). The number of nitrogens with zero attached hydrogens (tertiary/aromatic N) is 4. The second-order valence-corrected chi connectivity index (χ2v) is 10.7. The molecule has 1 saturated heterocycles. The molecule has 2 aromatic rings. The third kappa shape index (κ3) is 6.93. The Balaban J connectivity index is 1.56. The van der Waals surface area contributed by atoms with E-state index < -0.39 is 29.1 Å². The number of aliphatic hydroxyl groups is 1. The molecule has 1 aliphatic rings. The first-order valence-corrected chi connectivity index (χ1v) is 13.0. The maximum atomic E-state index is 13.9. The lowest BCUT2D eigenvalue weighted by Crippen LogP contribution is -2.55. The predicted octanol–water partition coefficient (Wildman–Crippen LogP) is 5.13. The molecule has 1 N–H and O–H groups in total. The highest BCUT2D eigenvalue weighted by Crippen LogP contribution is 2.41. The van der Waals surface area contributed by atoms with Crippen LogP contribution in [0, 0.1) is 11.7 Å². The maximum Gasteiger partial charge on any atom is 0.430 e. The summed E-state index contributed by atoms with van der Waals surface area (Å²) in [4.78, 5) is 33.6. The van der Waals surface area contributed by atoms with Gasteiger partial charge in [-0.2, -0.15) is 13.2 Å². The van der Waals surface area contributed by atoms with Gasteiger partial charge in [-0.25, -0.2) is 9.37 Å². The summed E-state index contributed by atoms with van der Waals surface area (Å²) >= 11 is 11.9. The Bertz CT molecular complexity index is 1190. The number of carbonyl (C=O) groups is 2. The van der Waals surface area contributed by atoms with Crippen molar-refractivity contribution in [1.82, 2.24) is 14.8 Å². The Morgan fingerprint density at radius 2 is 1.74 bits per heavy atom. The van der Waals surface area contributed by atoms with Gasteiger partial charge in [-0.05, 0) is 61.9 Å². The number of halogens is 6. The monoisotopic (exact) mass is 592 g/mol. The van der Waals surface area contributed by atoms with Crippen LogP contribution in [0.3, 0.4) is 0 Å². The standard InChI is InChI=1S/C26H30Cl2F4N4O3/c1-34(2)23(37)20-6-7-21(33-22(20)28)36-11-8-16(9-12-36)5-4-10-35(3)24(38)25(39,26(30,31)32)17-13-18(27)15-19(29)14-17/h6-7,13-16,39H,4-5,8-12H2,1-3H3. The molecule has 1 fully saturated rings. The largest absolute Gasteiger partial charge is 0.430 e. The number of rotatable bonds is 8. The van der Waals surface area contributed by atoms with Crippen LogP contribution in [0.15, 0.2) is 30.3 Å². The second-order valence-electron chi connectivity index (χ2n) is 9.87. The number of likely N-dealkylation sites (N-methyl/N-ethyl adjacent to an activating group) is 1. The summed E-state index contributed by atoms with van der Waals surface area (Å²) in [5.74, 6) is -2.01. The summed E-state index contributed by atoms with van der Waals surface area (Å²) in [6, 6.07) is 5.36. The highest BCUT2D eigenvalue weighted by atomic mass is 35.5. The number of amides is 2. The van der Waals surface area contributed by atoms with Crippen LogP contribution in [0.25, 0.3) is 0 Å². The van der Waals surface area contributed by atoms with Crippen LogP contribution >= 0.6 is 23.2 Å². The molecule has 0 bridgehead atoms. The molecule has 7 nitrogen and oxygen atoms in total. The Hall–Kier alpha value is -2.63. The SMILES string of the molecule is CN(C)C(=O)c1ccc(N2CCC(CCCN(C)C(=O)C(O)(c3cc(F)cc(Cl)c3)C(F)(F)F)CC2)nc1Cl. The van der Waals surface area contributed by atoms with Crippen molar-refractivity contribution in [3.8, 4) is 0 Å². The van der Waals surface area contributed by atoms with Gasteiger partial charge in [0.2, 0.25) is 0 Å². The van der Waals surface area contributed by atoms with Gasteiger partial charge in [-0.15, -0.1) is 0 Å². The van der Waals surface area contributed by atoms with Gasteiger partial charge in [0.25, 0.3) is 17.4 Å². The van der Waals surface area contributed by atoms with Gasteiger partial charge in [0.05, 0.1) is 5.56 Å². The molecule has 0 aliphatic carbocycles. The number of anilines is 1. The van der Waals surface area contributed by atoms with Gasteiger partial charge < -0.3 is 19.8 Å². The van der Waals surface area contributed by atoms with Gasteiger partial charge in [0.1, 0.15) is 16.8 Å². The summed E-state index contributed by atoms with van der Waals surface area (Å²) in [6.45, 7) is 1.33. The first-order chi connectivity index (χ1) is 18.1. The van der Waals surface area contributed by atoms with Crippen LogP contribution in [0.2, 0.25) is 10.2 Å². The van der Waals surface area contributed by atoms with E-state index in [9.17, 15) is 32.3 Å². The van der Waals surface area contributed by atoms with Gasteiger partial charge in [0.15, 0.2) is 0 Å². The molecule has 39 heavy (non-hydrogen) atoms. The molecular formula is C26H30Cl2F4N4O3. The van der Waals surface area contributed by atoms with Crippen molar-refractivity contribution < 1.29 is 32.3 Å². The minimum absolute atomic E-state index is 0.0288. The minimum atomic E-state index is -5.39. The highest BCUT2D eigenvalue weighted by Gasteiger charge is 2.61. The van der Waals surface area contributed by atoms with E-state index in [2.05, 4.69) is 9.88 Å². The van der Waals surface area contributed by atoms with Crippen LogP contribution in [-0.4, -0.2) is 78.7 Å². The van der Waals surface area contributed by atoms with Gasteiger partial charge in [0, 0.05) is 51.4 Å². The fourth-order valence-electron chi connectivity index (χ4n) is 4.62. The summed E-state index contributed by atoms with van der Waals surface area (Å²) in [6.07, 6.45) is -2.73. The van der Waals surface area contributed by atoms with Crippen LogP contribution in [-0.2, 0) is 10.4 Å². The van der Waals surface area contributed by atoms with Crippen molar-refractivity contribution in [2.75, 3.05) is 45.7 Å². The molecule has 1 atom stereocenters. The zero-order valence-corrected chi connectivity index (χ0v) is 23.2. The third-order valence-electron chi connectivity index (χ3n) is 6.86. The van der Waals surface area contributed by atoms with Crippen molar-refractivity contribution in [2.45, 2.75) is 37.5 Å². The molecule has 214 valence electrons. The predicted molar refractivity (Wildman–Crippen MR) is 140 cm³/mol. The number of hydrogen-bond donors (Lipinski definition) is 1. The number of piperidine rings is 1. The fraction of sp³-hybridized carbons (Fsp3) is 0.500. The zero-order chi connectivity index (χ0) is 29.1. The molecule has 13 heteroatoms. The highest BCUT2D eigenvalue weighted by molar-refractivity contribution is 6.32. The number of hydrogen-bond acceptors (Lipinski definition) is 5. The van der Waals surface area contributed by atoms with Crippen LogP contribution in [0.4, 0.5) is 23.4 Å². The van der Waals surface area contributed by atoms with Gasteiger partial charge in [-0.3, -0.25) is 9.59 Å². The molecule has 1 aromatic heterocycles. The van der Waals surface area contributed by atoms with E-state index in [0.29, 0.717) is 43.4 Å². The molecule has 1 unspecified atom stereocenters. The average molecular weight is 593 g/mol. The average Bonchev–Trinajstić information content (AvgIpc) is 2.86. The van der Waals surface area contributed by atoms with E-state index in [-0.39, 0.29) is 28.5 Å². The zero-order valence-electron chi connectivity index (χ0n) is 21.7. The quantitative estimate of drug-likeness (QED) is 0.339. The summed E-state index contributed by atoms with van der Waals surface area (Å²) in [5.41, 5.74) is -4.59. The van der Waals surface area contributed by atoms with Crippen molar-refractivity contribution in [1.29, 1.82) is 0 Å².